The van der Waals surface area contributed by atoms with Crippen LogP contribution in [0.1, 0.15) is 97.6 Å². The zero-order chi connectivity index (χ0) is 43.9. The Morgan fingerprint density at radius 1 is 0.741 bits per heavy atom. The van der Waals surface area contributed by atoms with E-state index in [1.54, 1.807) is 37.3 Å². The summed E-state index contributed by atoms with van der Waals surface area (Å²) in [5.74, 6) is -0.919. The minimum atomic E-state index is -4.58. The minimum absolute atomic E-state index is 0.0288. The number of carbonyl (C=O) groups excluding carboxylic acids is 1. The molecule has 0 saturated heterocycles. The number of ketones is 1. The molecule has 2 aliphatic rings. The molecule has 2 heterocycles. The van der Waals surface area contributed by atoms with Gasteiger partial charge in [-0.25, -0.2) is 0 Å². The molecule has 0 aromatic heterocycles. The van der Waals surface area contributed by atoms with Crippen LogP contribution in [0.5, 0.6) is 0 Å². The highest BCUT2D eigenvalue weighted by Crippen LogP contribution is 2.51. The number of allylic oxidation sites excluding steroid dienone is 6. The van der Waals surface area contributed by atoms with Crippen molar-refractivity contribution in [2.24, 2.45) is 0 Å². The van der Waals surface area contributed by atoms with E-state index in [0.717, 1.165) is 0 Å². The maximum absolute atomic E-state index is 12.2. The Bertz CT molecular complexity index is 2430. The van der Waals surface area contributed by atoms with E-state index in [0.29, 0.717) is 66.0 Å². The summed E-state index contributed by atoms with van der Waals surface area (Å²) in [5.41, 5.74) is 1.96. The van der Waals surface area contributed by atoms with E-state index in [-0.39, 0.29) is 41.5 Å². The average molecular weight is 888 g/mol. The summed E-state index contributed by atoms with van der Waals surface area (Å²) in [6.07, 6.45) is 11.2. The van der Waals surface area contributed by atoms with Crippen LogP contribution in [0.15, 0.2) is 82.3 Å². The molecule has 2 aromatic carbocycles. The van der Waals surface area contributed by atoms with Crippen molar-refractivity contribution in [3.8, 4) is 0 Å². The van der Waals surface area contributed by atoms with E-state index in [1.807, 2.05) is 44.1 Å². The lowest BCUT2D eigenvalue weighted by atomic mass is 9.77. The third kappa shape index (κ3) is 12.2. The van der Waals surface area contributed by atoms with E-state index >= 15 is 0 Å². The lowest BCUT2D eigenvalue weighted by Crippen LogP contribution is -2.30. The molecule has 19 heteroatoms. The summed E-state index contributed by atoms with van der Waals surface area (Å²) in [6, 6.07) is 8.32. The largest absolute Gasteiger partial charge is 0.344 e. The molecule has 2 aromatic rings. The number of hydrogen-bond acceptors (Lipinski definition) is 10. The van der Waals surface area contributed by atoms with Gasteiger partial charge in [0.2, 0.25) is 5.69 Å². The normalized spacial score (nSPS) is 18.9. The number of unbranched alkanes of at least 4 members (excludes halogenated alkanes) is 1. The number of fused-ring (bicyclic) bond motifs is 2. The maximum atomic E-state index is 12.2. The summed E-state index contributed by atoms with van der Waals surface area (Å²) in [6.45, 7) is 11.7. The Labute approximate surface area is 343 Å². The molecule has 0 radical (unpaired) electrons. The molecule has 0 saturated carbocycles. The zero-order valence-corrected chi connectivity index (χ0v) is 36.9. The molecule has 0 spiro atoms. The van der Waals surface area contributed by atoms with Crippen molar-refractivity contribution in [3.63, 3.8) is 0 Å². The molecule has 0 aliphatic carbocycles. The fourth-order valence-corrected chi connectivity index (χ4v) is 9.40. The number of benzene rings is 2. The highest BCUT2D eigenvalue weighted by atomic mass is 32.2. The monoisotopic (exact) mass is 887 g/mol. The molecule has 0 bridgehead atoms. The van der Waals surface area contributed by atoms with Crippen molar-refractivity contribution >= 4 is 63.3 Å². The molecule has 4 rings (SSSR count). The number of hydrogen-bond donors (Lipinski definition) is 4. The first-order valence-corrected chi connectivity index (χ1v) is 25.0. The number of rotatable bonds is 19. The smallest absolute Gasteiger partial charge is 0.294 e. The summed E-state index contributed by atoms with van der Waals surface area (Å²) in [5, 5.41) is 0. The predicted molar refractivity (Wildman–Crippen MR) is 224 cm³/mol. The van der Waals surface area contributed by atoms with Crippen LogP contribution < -0.4 is 4.90 Å². The quantitative estimate of drug-likeness (QED) is 0.0513. The van der Waals surface area contributed by atoms with Gasteiger partial charge in [-0.2, -0.15) is 38.2 Å². The van der Waals surface area contributed by atoms with E-state index in [1.165, 1.54) is 36.4 Å². The van der Waals surface area contributed by atoms with Gasteiger partial charge in [0.05, 0.1) is 26.7 Å². The Morgan fingerprint density at radius 2 is 1.31 bits per heavy atom. The van der Waals surface area contributed by atoms with Crippen molar-refractivity contribution in [2.75, 3.05) is 29.5 Å². The van der Waals surface area contributed by atoms with Crippen LogP contribution in [0.4, 0.5) is 11.4 Å². The molecule has 15 nitrogen and oxygen atoms in total. The topological polar surface area (TPSA) is 241 Å². The molecular formula is C39H55N2O13S4+. The molecule has 4 N–H and O–H groups in total. The summed E-state index contributed by atoms with van der Waals surface area (Å²) in [7, 11) is -17.7. The second-order valence-electron chi connectivity index (χ2n) is 14.6. The van der Waals surface area contributed by atoms with Crippen molar-refractivity contribution in [3.05, 3.63) is 83.6 Å². The fourth-order valence-electron chi connectivity index (χ4n) is 7.40. The summed E-state index contributed by atoms with van der Waals surface area (Å²) < 4.78 is 135. The molecule has 1 unspecified atom stereocenters. The van der Waals surface area contributed by atoms with Crippen LogP contribution in [-0.4, -0.2) is 92.5 Å². The fraction of sp³-hybridized carbons (Fsp3) is 0.487. The number of nitrogens with zero attached hydrogens (tertiary/aromatic N) is 2. The zero-order valence-electron chi connectivity index (χ0n) is 33.6. The lowest BCUT2D eigenvalue weighted by molar-refractivity contribution is -0.437. The van der Waals surface area contributed by atoms with Gasteiger partial charge in [-0.15, -0.1) is 0 Å². The predicted octanol–water partition coefficient (Wildman–Crippen LogP) is 6.45. The second-order valence-corrected chi connectivity index (χ2v) is 20.6. The molecule has 0 fully saturated rings. The standard InChI is InChI=1S/C37H48N2O13S4.C2H6/c1-5-27(40)13-9-10-20-37(4)31-26-29(56(50,51)52)17-19-33(31)39(22-12-24-54(44,45)46)35(37)15-8-6-7-14-34-36(2,3)30-25-28(55(47,48)49)16-18-32(30)38(34)21-11-23-53(41,42)43;1-2/h6-8,14-19,25-26H,5,9-13,20-24H2,1-4H3,(H3-,41,42,43,44,45,46,47,48,49,50,51,52);1-2H3/p+1. The summed E-state index contributed by atoms with van der Waals surface area (Å²) >= 11 is 0. The van der Waals surface area contributed by atoms with Gasteiger partial charge >= 0.3 is 0 Å². The van der Waals surface area contributed by atoms with Gasteiger partial charge in [-0.05, 0) is 82.0 Å². The second kappa shape index (κ2) is 19.2. The Kier molecular flexibility index (Phi) is 16.2. The maximum Gasteiger partial charge on any atom is 0.294 e. The number of Topliss-reactive ketones (excluding diaryl/α,β-unsaturated/α-hetero) is 1. The Balaban J connectivity index is 0.00000443. The van der Waals surface area contributed by atoms with E-state index in [2.05, 4.69) is 0 Å². The van der Waals surface area contributed by atoms with Gasteiger partial charge in [0.15, 0.2) is 5.71 Å². The van der Waals surface area contributed by atoms with Gasteiger partial charge in [0.25, 0.3) is 40.5 Å². The highest BCUT2D eigenvalue weighted by Gasteiger charge is 2.45. The Morgan fingerprint density at radius 3 is 1.88 bits per heavy atom. The average Bonchev–Trinajstić information content (AvgIpc) is 3.47. The SMILES string of the molecule is CC.CCC(=O)CCCCC1(C)\C(=C/C=C/C=C/C2=[N+](CCCS(=O)(=O)O)c3ccc(S(=O)(=O)O)cc3C2(C)C)N(CCCS(=O)(=O)O)c2ccc(S(=O)(=O)O)cc21. The number of carbonyl (C=O) groups is 1. The van der Waals surface area contributed by atoms with Crippen molar-refractivity contribution in [1.82, 2.24) is 0 Å². The molecule has 58 heavy (non-hydrogen) atoms. The van der Waals surface area contributed by atoms with Gasteiger partial charge < -0.3 is 4.90 Å². The molecule has 2 aliphatic heterocycles. The minimum Gasteiger partial charge on any atom is -0.344 e. The van der Waals surface area contributed by atoms with Crippen LogP contribution in [0, 0.1) is 0 Å². The van der Waals surface area contributed by atoms with Crippen molar-refractivity contribution in [2.45, 2.75) is 107 Å². The van der Waals surface area contributed by atoms with Crippen molar-refractivity contribution in [1.29, 1.82) is 0 Å². The summed E-state index contributed by atoms with van der Waals surface area (Å²) in [4.78, 5) is 13.3. The van der Waals surface area contributed by atoms with Gasteiger partial charge in [0, 0.05) is 60.3 Å². The van der Waals surface area contributed by atoms with Crippen LogP contribution in [0.3, 0.4) is 0 Å². The third-order valence-corrected chi connectivity index (χ3v) is 13.6. The molecule has 1 atom stereocenters. The van der Waals surface area contributed by atoms with Gasteiger partial charge in [-0.1, -0.05) is 45.4 Å². The van der Waals surface area contributed by atoms with Crippen LogP contribution in [0.2, 0.25) is 0 Å². The van der Waals surface area contributed by atoms with E-state index < -0.39 is 62.8 Å². The van der Waals surface area contributed by atoms with Gasteiger partial charge in [0.1, 0.15) is 12.3 Å². The molecule has 0 amide bonds. The first-order chi connectivity index (χ1) is 26.8. The first-order valence-electron chi connectivity index (χ1n) is 18.9. The molecule has 322 valence electrons. The lowest BCUT2D eigenvalue weighted by Gasteiger charge is -2.30. The van der Waals surface area contributed by atoms with Crippen LogP contribution in [-0.2, 0) is 56.1 Å². The molecular weight excluding hydrogens is 833 g/mol. The van der Waals surface area contributed by atoms with E-state index in [4.69, 9.17) is 0 Å². The Hall–Kier alpha value is -3.56. The van der Waals surface area contributed by atoms with Crippen molar-refractivity contribution < 1.29 is 61.3 Å². The van der Waals surface area contributed by atoms with Gasteiger partial charge in [-0.3, -0.25) is 23.0 Å². The van der Waals surface area contributed by atoms with E-state index in [9.17, 15) is 56.7 Å². The third-order valence-electron chi connectivity index (χ3n) is 10.2. The van der Waals surface area contributed by atoms with Crippen LogP contribution in [0.25, 0.3) is 0 Å². The number of anilines is 1. The highest BCUT2D eigenvalue weighted by molar-refractivity contribution is 7.86. The van der Waals surface area contributed by atoms with Crippen LogP contribution >= 0.6 is 0 Å². The first kappa shape index (κ1) is 48.8.